The first-order valence-corrected chi connectivity index (χ1v) is 8.03. The van der Waals surface area contributed by atoms with Crippen LogP contribution in [0.5, 0.6) is 0 Å². The van der Waals surface area contributed by atoms with Crippen LogP contribution in [0.4, 0.5) is 0 Å². The van der Waals surface area contributed by atoms with Crippen molar-refractivity contribution >= 4 is 37.5 Å². The SMILES string of the molecule is Cc1c(C(C)(C)C)[se]c2[se]ccc12. The van der Waals surface area contributed by atoms with Gasteiger partial charge in [0.25, 0.3) is 0 Å². The van der Waals surface area contributed by atoms with E-state index in [1.807, 2.05) is 0 Å². The zero-order valence-electron chi connectivity index (χ0n) is 8.47. The molecule has 0 unspecified atom stereocenters. The van der Waals surface area contributed by atoms with Gasteiger partial charge in [0.05, 0.1) is 0 Å². The number of hydrogen-bond donors (Lipinski definition) is 0. The molecule has 0 N–H and O–H groups in total. The fourth-order valence-corrected chi connectivity index (χ4v) is 7.50. The molecule has 0 aliphatic rings. The summed E-state index contributed by atoms with van der Waals surface area (Å²) in [5.74, 6) is 0. The molecular formula is C11H14Se2. The van der Waals surface area contributed by atoms with Gasteiger partial charge in [-0.2, -0.15) is 0 Å². The average Bonchev–Trinajstić information content (AvgIpc) is 2.51. The van der Waals surface area contributed by atoms with Gasteiger partial charge in [-0.3, -0.25) is 0 Å². The van der Waals surface area contributed by atoms with Gasteiger partial charge in [-0.1, -0.05) is 0 Å². The summed E-state index contributed by atoms with van der Waals surface area (Å²) < 4.78 is 3.48. The summed E-state index contributed by atoms with van der Waals surface area (Å²) in [5.41, 5.74) is 1.97. The predicted octanol–water partition coefficient (Wildman–Crippen LogP) is 2.56. The summed E-state index contributed by atoms with van der Waals surface area (Å²) in [5, 5.41) is 1.59. The third-order valence-corrected chi connectivity index (χ3v) is 8.90. The van der Waals surface area contributed by atoms with Crippen LogP contribution in [0.1, 0.15) is 30.8 Å². The second kappa shape index (κ2) is 3.14. The molecule has 2 aromatic heterocycles. The molecule has 0 aliphatic carbocycles. The first kappa shape index (κ1) is 9.80. The number of fused-ring (bicyclic) bond motifs is 1. The van der Waals surface area contributed by atoms with Crippen LogP contribution in [0, 0.1) is 6.92 Å². The Morgan fingerprint density at radius 2 is 1.92 bits per heavy atom. The molecule has 0 saturated carbocycles. The van der Waals surface area contributed by atoms with Crippen LogP contribution >= 0.6 is 0 Å². The fourth-order valence-electron chi connectivity index (χ4n) is 1.66. The third kappa shape index (κ3) is 1.62. The van der Waals surface area contributed by atoms with Crippen LogP contribution in [0.15, 0.2) is 11.0 Å². The van der Waals surface area contributed by atoms with Gasteiger partial charge in [-0.05, 0) is 0 Å². The quantitative estimate of drug-likeness (QED) is 0.656. The van der Waals surface area contributed by atoms with Crippen LogP contribution in [-0.2, 0) is 5.41 Å². The van der Waals surface area contributed by atoms with E-state index in [1.54, 1.807) is 18.5 Å². The molecule has 0 atom stereocenters. The van der Waals surface area contributed by atoms with Gasteiger partial charge in [-0.15, -0.1) is 0 Å². The van der Waals surface area contributed by atoms with Crippen molar-refractivity contribution in [3.05, 3.63) is 21.0 Å². The normalized spacial score (nSPS) is 12.6. The minimum absolute atomic E-state index is 0.387. The molecule has 0 spiro atoms. The van der Waals surface area contributed by atoms with E-state index in [2.05, 4.69) is 38.7 Å². The van der Waals surface area contributed by atoms with E-state index in [4.69, 9.17) is 0 Å². The van der Waals surface area contributed by atoms with Gasteiger partial charge in [0.1, 0.15) is 0 Å². The topological polar surface area (TPSA) is 0 Å². The standard InChI is InChI=1S/C11H14Se2/c1-7-8-5-6-12-10(8)13-9(7)11(2,3)4/h5-6H,1-4H3. The molecule has 0 aliphatic heterocycles. The molecule has 70 valence electrons. The van der Waals surface area contributed by atoms with Crippen LogP contribution < -0.4 is 0 Å². The summed E-state index contributed by atoms with van der Waals surface area (Å²) in [6.07, 6.45) is 0. The second-order valence-corrected chi connectivity index (χ2v) is 9.80. The molecule has 0 aromatic carbocycles. The van der Waals surface area contributed by atoms with Gasteiger partial charge in [-0.25, -0.2) is 0 Å². The van der Waals surface area contributed by atoms with Crippen molar-refractivity contribution in [2.24, 2.45) is 0 Å². The van der Waals surface area contributed by atoms with Crippen molar-refractivity contribution in [1.29, 1.82) is 0 Å². The van der Waals surface area contributed by atoms with Crippen LogP contribution in [0.3, 0.4) is 0 Å². The average molecular weight is 304 g/mol. The van der Waals surface area contributed by atoms with Gasteiger partial charge < -0.3 is 0 Å². The summed E-state index contributed by atoms with van der Waals surface area (Å²) in [4.78, 5) is 2.36. The van der Waals surface area contributed by atoms with Gasteiger partial charge >= 0.3 is 91.6 Å². The van der Waals surface area contributed by atoms with E-state index in [1.165, 1.54) is 0 Å². The molecule has 0 saturated heterocycles. The van der Waals surface area contributed by atoms with Crippen molar-refractivity contribution in [3.8, 4) is 0 Å². The molecule has 2 heteroatoms. The molecular weight excluding hydrogens is 290 g/mol. The van der Waals surface area contributed by atoms with Gasteiger partial charge in [0.15, 0.2) is 0 Å². The maximum absolute atomic E-state index is 2.36. The Labute approximate surface area is 91.5 Å². The number of hydrogen-bond acceptors (Lipinski definition) is 0. The molecule has 2 aromatic rings. The Kier molecular flexibility index (Phi) is 2.36. The van der Waals surface area contributed by atoms with Crippen LogP contribution in [-0.4, -0.2) is 29.0 Å². The number of rotatable bonds is 0. The first-order chi connectivity index (χ1) is 6.00. The summed E-state index contributed by atoms with van der Waals surface area (Å²) in [6, 6.07) is 2.34. The third-order valence-electron chi connectivity index (χ3n) is 2.25. The molecule has 13 heavy (non-hydrogen) atoms. The summed E-state index contributed by atoms with van der Waals surface area (Å²) >= 11 is 1.35. The molecule has 0 amide bonds. The second-order valence-electron chi connectivity index (χ2n) is 4.43. The van der Waals surface area contributed by atoms with Crippen molar-refractivity contribution in [1.82, 2.24) is 0 Å². The molecule has 0 bridgehead atoms. The Morgan fingerprint density at radius 3 is 2.46 bits per heavy atom. The number of aryl methyl sites for hydroxylation is 1. The van der Waals surface area contributed by atoms with Crippen LogP contribution in [0.2, 0.25) is 0 Å². The fraction of sp³-hybridized carbons (Fsp3) is 0.455. The van der Waals surface area contributed by atoms with E-state index in [-0.39, 0.29) is 0 Å². The monoisotopic (exact) mass is 306 g/mol. The zero-order chi connectivity index (χ0) is 9.64. The summed E-state index contributed by atoms with van der Waals surface area (Å²) in [7, 11) is 0. The Hall–Kier alpha value is 0.259. The van der Waals surface area contributed by atoms with Crippen molar-refractivity contribution < 1.29 is 0 Å². The Morgan fingerprint density at radius 1 is 1.23 bits per heavy atom. The molecule has 2 heterocycles. The first-order valence-electron chi connectivity index (χ1n) is 4.47. The van der Waals surface area contributed by atoms with Gasteiger partial charge in [0.2, 0.25) is 0 Å². The Balaban J connectivity index is 2.71. The van der Waals surface area contributed by atoms with E-state index >= 15 is 0 Å². The van der Waals surface area contributed by atoms with Crippen LogP contribution in [0.25, 0.3) is 8.52 Å². The van der Waals surface area contributed by atoms with Crippen molar-refractivity contribution in [2.75, 3.05) is 0 Å². The molecule has 2 rings (SSSR count). The van der Waals surface area contributed by atoms with E-state index in [9.17, 15) is 0 Å². The Bertz CT molecular complexity index is 426. The van der Waals surface area contributed by atoms with Crippen molar-refractivity contribution in [2.45, 2.75) is 33.1 Å². The minimum atomic E-state index is 0.387. The predicted molar refractivity (Wildman–Crippen MR) is 61.3 cm³/mol. The van der Waals surface area contributed by atoms with E-state index in [0.717, 1.165) is 0 Å². The molecule has 0 radical (unpaired) electrons. The zero-order valence-corrected chi connectivity index (χ0v) is 11.9. The van der Waals surface area contributed by atoms with Gasteiger partial charge in [0, 0.05) is 0 Å². The molecule has 0 fully saturated rings. The van der Waals surface area contributed by atoms with E-state index < -0.39 is 0 Å². The van der Waals surface area contributed by atoms with Crippen molar-refractivity contribution in [3.63, 3.8) is 0 Å². The summed E-state index contributed by atoms with van der Waals surface area (Å²) in [6.45, 7) is 9.32. The van der Waals surface area contributed by atoms with E-state index in [0.29, 0.717) is 34.4 Å². The molecule has 0 nitrogen and oxygen atoms in total. The maximum atomic E-state index is 2.36.